The second-order valence-corrected chi connectivity index (χ2v) is 4.29. The van der Waals surface area contributed by atoms with Crippen LogP contribution in [0.3, 0.4) is 0 Å². The first-order valence-electron chi connectivity index (χ1n) is 5.63. The third kappa shape index (κ3) is 2.25. The van der Waals surface area contributed by atoms with Gasteiger partial charge in [-0.05, 0) is 37.6 Å². The summed E-state index contributed by atoms with van der Waals surface area (Å²) >= 11 is 0. The Kier molecular flexibility index (Phi) is 3.25. The van der Waals surface area contributed by atoms with Crippen LogP contribution in [0.1, 0.15) is 22.8 Å². The first-order chi connectivity index (χ1) is 7.70. The average Bonchev–Trinajstić information content (AvgIpc) is 2.29. The SMILES string of the molecule is Cc1cc(N2CCOC(C)C2)ccc1C=O. The van der Waals surface area contributed by atoms with Crippen molar-refractivity contribution in [2.75, 3.05) is 24.6 Å². The molecule has 16 heavy (non-hydrogen) atoms. The number of morpholine rings is 1. The molecule has 0 aromatic heterocycles. The van der Waals surface area contributed by atoms with Gasteiger partial charge in [0.2, 0.25) is 0 Å². The van der Waals surface area contributed by atoms with Gasteiger partial charge < -0.3 is 9.64 Å². The Morgan fingerprint density at radius 3 is 2.94 bits per heavy atom. The summed E-state index contributed by atoms with van der Waals surface area (Å²) < 4.78 is 5.51. The van der Waals surface area contributed by atoms with Crippen molar-refractivity contribution in [3.8, 4) is 0 Å². The molecule has 1 atom stereocenters. The Morgan fingerprint density at radius 2 is 2.31 bits per heavy atom. The van der Waals surface area contributed by atoms with Gasteiger partial charge in [0.1, 0.15) is 6.29 Å². The molecular formula is C13H17NO2. The van der Waals surface area contributed by atoms with Crippen molar-refractivity contribution in [1.82, 2.24) is 0 Å². The molecule has 2 rings (SSSR count). The van der Waals surface area contributed by atoms with Crippen LogP contribution in [0.25, 0.3) is 0 Å². The number of anilines is 1. The monoisotopic (exact) mass is 219 g/mol. The molecule has 1 fully saturated rings. The van der Waals surface area contributed by atoms with Crippen LogP contribution in [0.15, 0.2) is 18.2 Å². The lowest BCUT2D eigenvalue weighted by atomic mass is 10.1. The van der Waals surface area contributed by atoms with Crippen LogP contribution in [0.2, 0.25) is 0 Å². The van der Waals surface area contributed by atoms with Gasteiger partial charge in [0.25, 0.3) is 0 Å². The van der Waals surface area contributed by atoms with Gasteiger partial charge in [0.15, 0.2) is 0 Å². The smallest absolute Gasteiger partial charge is 0.150 e. The van der Waals surface area contributed by atoms with Crippen LogP contribution < -0.4 is 4.90 Å². The van der Waals surface area contributed by atoms with Gasteiger partial charge in [-0.1, -0.05) is 0 Å². The van der Waals surface area contributed by atoms with Crippen LogP contribution >= 0.6 is 0 Å². The van der Waals surface area contributed by atoms with E-state index in [0.717, 1.165) is 37.1 Å². The van der Waals surface area contributed by atoms with E-state index >= 15 is 0 Å². The molecule has 1 aliphatic rings. The molecule has 1 aromatic rings. The van der Waals surface area contributed by atoms with Crippen molar-refractivity contribution >= 4 is 12.0 Å². The molecule has 1 saturated heterocycles. The number of ether oxygens (including phenoxy) is 1. The van der Waals surface area contributed by atoms with Crippen molar-refractivity contribution in [1.29, 1.82) is 0 Å². The summed E-state index contributed by atoms with van der Waals surface area (Å²) in [5, 5.41) is 0. The standard InChI is InChI=1S/C13H17NO2/c1-10-7-13(4-3-12(10)9-15)14-5-6-16-11(2)8-14/h3-4,7,9,11H,5-6,8H2,1-2H3. The predicted molar refractivity (Wildman–Crippen MR) is 64.2 cm³/mol. The topological polar surface area (TPSA) is 29.5 Å². The van der Waals surface area contributed by atoms with Gasteiger partial charge >= 0.3 is 0 Å². The average molecular weight is 219 g/mol. The van der Waals surface area contributed by atoms with E-state index < -0.39 is 0 Å². The molecule has 0 saturated carbocycles. The summed E-state index contributed by atoms with van der Waals surface area (Å²) in [6.45, 7) is 6.66. The van der Waals surface area contributed by atoms with Crippen LogP contribution in [-0.4, -0.2) is 32.1 Å². The first-order valence-corrected chi connectivity index (χ1v) is 5.63. The molecule has 0 spiro atoms. The zero-order valence-corrected chi connectivity index (χ0v) is 9.77. The zero-order chi connectivity index (χ0) is 11.5. The molecule has 1 aliphatic heterocycles. The Balaban J connectivity index is 2.20. The molecule has 0 N–H and O–H groups in total. The third-order valence-electron chi connectivity index (χ3n) is 2.99. The molecule has 0 amide bonds. The van der Waals surface area contributed by atoms with E-state index in [0.29, 0.717) is 0 Å². The minimum absolute atomic E-state index is 0.278. The maximum absolute atomic E-state index is 10.7. The number of rotatable bonds is 2. The highest BCUT2D eigenvalue weighted by atomic mass is 16.5. The van der Waals surface area contributed by atoms with Gasteiger partial charge in [-0.25, -0.2) is 0 Å². The van der Waals surface area contributed by atoms with Crippen molar-refractivity contribution in [3.63, 3.8) is 0 Å². The van der Waals surface area contributed by atoms with E-state index in [1.54, 1.807) is 0 Å². The van der Waals surface area contributed by atoms with E-state index in [-0.39, 0.29) is 6.10 Å². The number of aryl methyl sites for hydroxylation is 1. The quantitative estimate of drug-likeness (QED) is 0.713. The number of carbonyl (C=O) groups excluding carboxylic acids is 1. The van der Waals surface area contributed by atoms with Gasteiger partial charge in [-0.3, -0.25) is 4.79 Å². The largest absolute Gasteiger partial charge is 0.375 e. The predicted octanol–water partition coefficient (Wildman–Crippen LogP) is 2.03. The summed E-state index contributed by atoms with van der Waals surface area (Å²) in [4.78, 5) is 13.0. The molecule has 3 heteroatoms. The Hall–Kier alpha value is -1.35. The highest BCUT2D eigenvalue weighted by Gasteiger charge is 2.17. The normalized spacial score (nSPS) is 20.9. The second-order valence-electron chi connectivity index (χ2n) is 4.29. The number of hydrogen-bond acceptors (Lipinski definition) is 3. The molecule has 86 valence electrons. The lowest BCUT2D eigenvalue weighted by Gasteiger charge is -2.33. The summed E-state index contributed by atoms with van der Waals surface area (Å²) in [6.07, 6.45) is 1.18. The number of aldehydes is 1. The summed E-state index contributed by atoms with van der Waals surface area (Å²) in [5.74, 6) is 0. The highest BCUT2D eigenvalue weighted by molar-refractivity contribution is 5.78. The Bertz CT molecular complexity index is 390. The fraction of sp³-hybridized carbons (Fsp3) is 0.462. The number of hydrogen-bond donors (Lipinski definition) is 0. The Morgan fingerprint density at radius 1 is 1.50 bits per heavy atom. The van der Waals surface area contributed by atoms with Crippen molar-refractivity contribution in [3.05, 3.63) is 29.3 Å². The van der Waals surface area contributed by atoms with E-state index in [1.165, 1.54) is 5.69 Å². The van der Waals surface area contributed by atoms with E-state index in [1.807, 2.05) is 19.1 Å². The molecule has 1 aromatic carbocycles. The van der Waals surface area contributed by atoms with Crippen LogP contribution in [0, 0.1) is 6.92 Å². The van der Waals surface area contributed by atoms with E-state index in [4.69, 9.17) is 4.74 Å². The third-order valence-corrected chi connectivity index (χ3v) is 2.99. The van der Waals surface area contributed by atoms with Crippen LogP contribution in [0.4, 0.5) is 5.69 Å². The number of benzene rings is 1. The molecule has 0 radical (unpaired) electrons. The van der Waals surface area contributed by atoms with Crippen molar-refractivity contribution in [2.45, 2.75) is 20.0 Å². The molecule has 0 bridgehead atoms. The summed E-state index contributed by atoms with van der Waals surface area (Å²) in [5.41, 5.74) is 2.98. The summed E-state index contributed by atoms with van der Waals surface area (Å²) in [6, 6.07) is 5.97. The van der Waals surface area contributed by atoms with E-state index in [2.05, 4.69) is 17.9 Å². The lowest BCUT2D eigenvalue weighted by Crippen LogP contribution is -2.41. The fourth-order valence-corrected chi connectivity index (χ4v) is 2.04. The number of nitrogens with zero attached hydrogens (tertiary/aromatic N) is 1. The number of carbonyl (C=O) groups is 1. The molecule has 3 nitrogen and oxygen atoms in total. The lowest BCUT2D eigenvalue weighted by molar-refractivity contribution is 0.0532. The maximum atomic E-state index is 10.7. The summed E-state index contributed by atoms with van der Waals surface area (Å²) in [7, 11) is 0. The zero-order valence-electron chi connectivity index (χ0n) is 9.77. The highest BCUT2D eigenvalue weighted by Crippen LogP contribution is 2.20. The fourth-order valence-electron chi connectivity index (χ4n) is 2.04. The Labute approximate surface area is 96.0 Å². The van der Waals surface area contributed by atoms with Gasteiger partial charge in [-0.15, -0.1) is 0 Å². The van der Waals surface area contributed by atoms with Gasteiger partial charge in [-0.2, -0.15) is 0 Å². The molecular weight excluding hydrogens is 202 g/mol. The minimum atomic E-state index is 0.278. The van der Waals surface area contributed by atoms with Crippen molar-refractivity contribution < 1.29 is 9.53 Å². The van der Waals surface area contributed by atoms with Crippen molar-refractivity contribution in [2.24, 2.45) is 0 Å². The molecule has 0 aliphatic carbocycles. The van der Waals surface area contributed by atoms with E-state index in [9.17, 15) is 4.79 Å². The van der Waals surface area contributed by atoms with Crippen LogP contribution in [0.5, 0.6) is 0 Å². The second kappa shape index (κ2) is 4.66. The first kappa shape index (κ1) is 11.1. The maximum Gasteiger partial charge on any atom is 0.150 e. The van der Waals surface area contributed by atoms with Gasteiger partial charge in [0.05, 0.1) is 12.7 Å². The van der Waals surface area contributed by atoms with Crippen LogP contribution in [-0.2, 0) is 4.74 Å². The minimum Gasteiger partial charge on any atom is -0.375 e. The molecule has 1 unspecified atom stereocenters. The molecule has 1 heterocycles. The van der Waals surface area contributed by atoms with Gasteiger partial charge in [0, 0.05) is 24.3 Å².